The Morgan fingerprint density at radius 3 is 2.93 bits per heavy atom. The highest BCUT2D eigenvalue weighted by molar-refractivity contribution is 9.10. The lowest BCUT2D eigenvalue weighted by molar-refractivity contribution is -0.135. The molecule has 0 amide bonds. The first-order valence-corrected chi connectivity index (χ1v) is 4.72. The molecule has 0 radical (unpaired) electrons. The molecule has 1 aromatic rings. The third kappa shape index (κ3) is 3.30. The van der Waals surface area contributed by atoms with Gasteiger partial charge in [-0.3, -0.25) is 4.79 Å². The maximum Gasteiger partial charge on any atom is 0.307 e. The van der Waals surface area contributed by atoms with E-state index in [1.165, 1.54) is 18.2 Å². The third-order valence-corrected chi connectivity index (χ3v) is 2.27. The smallest absolute Gasteiger partial charge is 0.307 e. The molecule has 0 atom stereocenters. The molecule has 1 aromatic carbocycles. The summed E-state index contributed by atoms with van der Waals surface area (Å²) in [5.41, 5.74) is 0.631. The van der Waals surface area contributed by atoms with Crippen LogP contribution in [-0.4, -0.2) is 11.1 Å². The molecule has 1 N–H and O–H groups in total. The van der Waals surface area contributed by atoms with Crippen LogP contribution in [0.4, 0.5) is 4.39 Å². The fraction of sp³-hybridized carbons (Fsp3) is 0.100. The number of hydrogen-bond acceptors (Lipinski definition) is 1. The first kappa shape index (κ1) is 10.9. The van der Waals surface area contributed by atoms with Crippen LogP contribution in [0, 0.1) is 5.82 Å². The monoisotopic (exact) mass is 258 g/mol. The number of halogens is 2. The van der Waals surface area contributed by atoms with Gasteiger partial charge in [-0.25, -0.2) is 4.39 Å². The van der Waals surface area contributed by atoms with Crippen LogP contribution in [0.1, 0.15) is 12.0 Å². The molecule has 0 heterocycles. The number of aliphatic carboxylic acids is 1. The minimum Gasteiger partial charge on any atom is -0.481 e. The second kappa shape index (κ2) is 4.91. The molecule has 0 aliphatic carbocycles. The van der Waals surface area contributed by atoms with Crippen molar-refractivity contribution >= 4 is 28.0 Å². The van der Waals surface area contributed by atoms with Gasteiger partial charge in [0.05, 0.1) is 6.42 Å². The Hall–Kier alpha value is -1.16. The lowest BCUT2D eigenvalue weighted by atomic mass is 10.2. The fourth-order valence-electron chi connectivity index (χ4n) is 0.929. The minimum atomic E-state index is -0.909. The zero-order valence-electron chi connectivity index (χ0n) is 7.21. The Morgan fingerprint density at radius 2 is 2.29 bits per heavy atom. The first-order valence-electron chi connectivity index (χ1n) is 3.93. The van der Waals surface area contributed by atoms with Crippen LogP contribution in [0.15, 0.2) is 28.7 Å². The van der Waals surface area contributed by atoms with E-state index in [2.05, 4.69) is 15.9 Å². The predicted octanol–water partition coefficient (Wildman–Crippen LogP) is 3.08. The molecule has 0 bridgehead atoms. The summed E-state index contributed by atoms with van der Waals surface area (Å²) in [4.78, 5) is 10.2. The van der Waals surface area contributed by atoms with Gasteiger partial charge >= 0.3 is 5.97 Å². The standard InChI is InChI=1S/C10H8BrFO2/c11-9-5-4-8(12)6-7(9)2-1-3-10(13)14/h1-2,4-6H,3H2,(H,13,14). The predicted molar refractivity (Wildman–Crippen MR) is 55.4 cm³/mol. The number of benzene rings is 1. The van der Waals surface area contributed by atoms with Gasteiger partial charge < -0.3 is 5.11 Å². The van der Waals surface area contributed by atoms with Crippen LogP contribution in [-0.2, 0) is 4.79 Å². The van der Waals surface area contributed by atoms with Gasteiger partial charge in [0, 0.05) is 4.47 Å². The zero-order valence-corrected chi connectivity index (χ0v) is 8.79. The highest BCUT2D eigenvalue weighted by atomic mass is 79.9. The van der Waals surface area contributed by atoms with E-state index in [0.29, 0.717) is 5.56 Å². The Morgan fingerprint density at radius 1 is 1.57 bits per heavy atom. The molecule has 0 fully saturated rings. The normalized spacial score (nSPS) is 10.7. The second-order valence-electron chi connectivity index (χ2n) is 2.67. The van der Waals surface area contributed by atoms with Gasteiger partial charge in [-0.2, -0.15) is 0 Å². The van der Waals surface area contributed by atoms with Crippen LogP contribution in [0.25, 0.3) is 6.08 Å². The molecule has 1 rings (SSSR count). The van der Waals surface area contributed by atoms with Gasteiger partial charge in [0.15, 0.2) is 0 Å². The fourth-order valence-corrected chi connectivity index (χ4v) is 1.31. The Bertz CT molecular complexity index is 374. The minimum absolute atomic E-state index is 0.0665. The van der Waals surface area contributed by atoms with E-state index in [1.807, 2.05) is 0 Å². The molecule has 0 aromatic heterocycles. The van der Waals surface area contributed by atoms with Gasteiger partial charge in [0.2, 0.25) is 0 Å². The molecule has 2 nitrogen and oxygen atoms in total. The summed E-state index contributed by atoms with van der Waals surface area (Å²) in [5.74, 6) is -1.25. The van der Waals surface area contributed by atoms with Crippen LogP contribution in [0.5, 0.6) is 0 Å². The molecule has 0 saturated carbocycles. The van der Waals surface area contributed by atoms with Crippen molar-refractivity contribution in [3.63, 3.8) is 0 Å². The first-order chi connectivity index (χ1) is 6.59. The van der Waals surface area contributed by atoms with E-state index in [-0.39, 0.29) is 12.2 Å². The number of rotatable bonds is 3. The molecular weight excluding hydrogens is 251 g/mol. The maximum atomic E-state index is 12.8. The Balaban J connectivity index is 2.80. The summed E-state index contributed by atoms with van der Waals surface area (Å²) in [6.45, 7) is 0. The molecule has 0 saturated heterocycles. The van der Waals surface area contributed by atoms with Crippen LogP contribution >= 0.6 is 15.9 Å². The van der Waals surface area contributed by atoms with Gasteiger partial charge in [-0.15, -0.1) is 0 Å². The van der Waals surface area contributed by atoms with Crippen molar-refractivity contribution in [2.75, 3.05) is 0 Å². The van der Waals surface area contributed by atoms with Crippen molar-refractivity contribution in [1.82, 2.24) is 0 Å². The van der Waals surface area contributed by atoms with Crippen LogP contribution in [0.3, 0.4) is 0 Å². The maximum absolute atomic E-state index is 12.8. The molecule has 0 unspecified atom stereocenters. The van der Waals surface area contributed by atoms with Crippen molar-refractivity contribution < 1.29 is 14.3 Å². The molecule has 0 aliphatic rings. The van der Waals surface area contributed by atoms with Gasteiger partial charge in [0.1, 0.15) is 5.82 Å². The van der Waals surface area contributed by atoms with E-state index >= 15 is 0 Å². The molecule has 0 spiro atoms. The van der Waals surface area contributed by atoms with Crippen molar-refractivity contribution in [3.8, 4) is 0 Å². The third-order valence-electron chi connectivity index (χ3n) is 1.55. The highest BCUT2D eigenvalue weighted by Gasteiger charge is 1.98. The van der Waals surface area contributed by atoms with Crippen molar-refractivity contribution in [3.05, 3.63) is 40.1 Å². The average Bonchev–Trinajstić information content (AvgIpc) is 2.10. The van der Waals surface area contributed by atoms with E-state index in [1.54, 1.807) is 12.1 Å². The van der Waals surface area contributed by atoms with Crippen LogP contribution in [0.2, 0.25) is 0 Å². The van der Waals surface area contributed by atoms with Crippen molar-refractivity contribution in [2.45, 2.75) is 6.42 Å². The second-order valence-corrected chi connectivity index (χ2v) is 3.52. The lowest BCUT2D eigenvalue weighted by Crippen LogP contribution is -1.89. The largest absolute Gasteiger partial charge is 0.481 e. The van der Waals surface area contributed by atoms with Crippen molar-refractivity contribution in [2.24, 2.45) is 0 Å². The summed E-state index contributed by atoms with van der Waals surface area (Å²) < 4.78 is 13.5. The summed E-state index contributed by atoms with van der Waals surface area (Å²) >= 11 is 3.23. The van der Waals surface area contributed by atoms with E-state index < -0.39 is 5.97 Å². The Labute approximate surface area is 89.2 Å². The van der Waals surface area contributed by atoms with Crippen molar-refractivity contribution in [1.29, 1.82) is 0 Å². The van der Waals surface area contributed by atoms with E-state index in [9.17, 15) is 9.18 Å². The molecule has 14 heavy (non-hydrogen) atoms. The molecular formula is C10H8BrFO2. The number of carboxylic acid groups (broad SMARTS) is 1. The molecule has 74 valence electrons. The lowest BCUT2D eigenvalue weighted by Gasteiger charge is -1.97. The molecule has 4 heteroatoms. The molecule has 0 aliphatic heterocycles. The zero-order chi connectivity index (χ0) is 10.6. The van der Waals surface area contributed by atoms with Crippen LogP contribution < -0.4 is 0 Å². The number of carboxylic acids is 1. The number of carbonyl (C=O) groups is 1. The average molecular weight is 259 g/mol. The Kier molecular flexibility index (Phi) is 3.83. The van der Waals surface area contributed by atoms with Gasteiger partial charge in [0.25, 0.3) is 0 Å². The number of hydrogen-bond donors (Lipinski definition) is 1. The SMILES string of the molecule is O=C(O)CC=Cc1cc(F)ccc1Br. The van der Waals surface area contributed by atoms with E-state index in [4.69, 9.17) is 5.11 Å². The summed E-state index contributed by atoms with van der Waals surface area (Å²) in [5, 5.41) is 8.38. The van der Waals surface area contributed by atoms with E-state index in [0.717, 1.165) is 4.47 Å². The van der Waals surface area contributed by atoms with Gasteiger partial charge in [-0.1, -0.05) is 28.1 Å². The topological polar surface area (TPSA) is 37.3 Å². The summed E-state index contributed by atoms with van der Waals surface area (Å²) in [6.07, 6.45) is 2.98. The quantitative estimate of drug-likeness (QED) is 0.905. The summed E-state index contributed by atoms with van der Waals surface area (Å²) in [7, 11) is 0. The summed E-state index contributed by atoms with van der Waals surface area (Å²) in [6, 6.07) is 4.25. The van der Waals surface area contributed by atoms with Gasteiger partial charge in [-0.05, 0) is 23.8 Å². The highest BCUT2D eigenvalue weighted by Crippen LogP contribution is 2.19.